The molecule has 0 atom stereocenters. The number of aryl methyl sites for hydroxylation is 1. The molecule has 4 aromatic rings. The molecule has 39 heavy (non-hydrogen) atoms. The Hall–Kier alpha value is -4.79. The molecule has 0 aliphatic carbocycles. The maximum Gasteiger partial charge on any atom is 0.348 e. The Labute approximate surface area is 226 Å². The van der Waals surface area contributed by atoms with Crippen LogP contribution >= 0.6 is 0 Å². The predicted octanol–water partition coefficient (Wildman–Crippen LogP) is 4.43. The third kappa shape index (κ3) is 6.75. The summed E-state index contributed by atoms with van der Waals surface area (Å²) in [6.07, 6.45) is 5.47. The number of benzene rings is 2. The zero-order valence-electron chi connectivity index (χ0n) is 22.4. The summed E-state index contributed by atoms with van der Waals surface area (Å²) in [5.41, 5.74) is 1.47. The number of likely N-dealkylation sites (N-methyl/N-ethyl adjacent to an activating group) is 1. The van der Waals surface area contributed by atoms with Gasteiger partial charge in [0.25, 0.3) is 6.01 Å². The highest BCUT2D eigenvalue weighted by Gasteiger charge is 2.32. The van der Waals surface area contributed by atoms with E-state index >= 15 is 0 Å². The third-order valence-corrected chi connectivity index (χ3v) is 6.27. The number of nitrogens with zero attached hydrogens (tertiary/aromatic N) is 3. The number of fused-ring (bicyclic) bond motifs is 1. The van der Waals surface area contributed by atoms with Crippen molar-refractivity contribution in [1.82, 2.24) is 14.9 Å². The quantitative estimate of drug-likeness (QED) is 0.310. The Kier molecular flexibility index (Phi) is 8.19. The van der Waals surface area contributed by atoms with E-state index in [4.69, 9.17) is 4.42 Å². The summed E-state index contributed by atoms with van der Waals surface area (Å²) in [5, 5.41) is 6.02. The summed E-state index contributed by atoms with van der Waals surface area (Å²) in [5.74, 6) is -0.523. The van der Waals surface area contributed by atoms with Gasteiger partial charge in [0.1, 0.15) is 5.54 Å². The van der Waals surface area contributed by atoms with Crippen LogP contribution in [0, 0.1) is 6.92 Å². The van der Waals surface area contributed by atoms with Gasteiger partial charge in [-0.1, -0.05) is 36.4 Å². The molecule has 0 aliphatic rings. The number of hydrogen-bond donors (Lipinski definition) is 2. The van der Waals surface area contributed by atoms with Crippen LogP contribution in [0.2, 0.25) is 0 Å². The van der Waals surface area contributed by atoms with E-state index in [1.54, 1.807) is 57.1 Å². The smallest absolute Gasteiger partial charge is 0.348 e. The van der Waals surface area contributed by atoms with E-state index in [0.29, 0.717) is 29.7 Å². The number of aromatic nitrogens is 2. The molecule has 0 fully saturated rings. The molecule has 0 unspecified atom stereocenters. The molecule has 200 valence electrons. The second-order valence-electron chi connectivity index (χ2n) is 9.72. The maximum atomic E-state index is 13.1. The fourth-order valence-electron chi connectivity index (χ4n) is 4.15. The Balaban J connectivity index is 1.47. The molecular weight excluding hydrogens is 494 g/mol. The molecule has 0 aliphatic heterocycles. The molecule has 0 bridgehead atoms. The lowest BCUT2D eigenvalue weighted by atomic mass is 10.0. The molecule has 2 N–H and O–H groups in total. The molecule has 9 heteroatoms. The van der Waals surface area contributed by atoms with Crippen molar-refractivity contribution in [2.45, 2.75) is 32.7 Å². The van der Waals surface area contributed by atoms with Crippen LogP contribution in [0.5, 0.6) is 0 Å². The number of amides is 2. The average Bonchev–Trinajstić information content (AvgIpc) is 2.92. The number of carbonyl (C=O) groups is 2. The van der Waals surface area contributed by atoms with Gasteiger partial charge >= 0.3 is 5.63 Å². The van der Waals surface area contributed by atoms with Crippen molar-refractivity contribution in [3.05, 3.63) is 100 Å². The second-order valence-corrected chi connectivity index (χ2v) is 9.72. The fraction of sp³-hybridized carbons (Fsp3) is 0.233. The van der Waals surface area contributed by atoms with Crippen LogP contribution < -0.4 is 16.3 Å². The summed E-state index contributed by atoms with van der Waals surface area (Å²) >= 11 is 0. The zero-order valence-corrected chi connectivity index (χ0v) is 22.4. The van der Waals surface area contributed by atoms with Crippen molar-refractivity contribution in [2.24, 2.45) is 0 Å². The summed E-state index contributed by atoms with van der Waals surface area (Å²) < 4.78 is 5.45. The van der Waals surface area contributed by atoms with Gasteiger partial charge in [-0.25, -0.2) is 4.79 Å². The second kappa shape index (κ2) is 11.7. The Bertz CT molecular complexity index is 1560. The first-order chi connectivity index (χ1) is 18.6. The summed E-state index contributed by atoms with van der Waals surface area (Å²) in [7, 11) is 1.72. The van der Waals surface area contributed by atoms with Gasteiger partial charge < -0.3 is 20.0 Å². The first-order valence-electron chi connectivity index (χ1n) is 12.6. The van der Waals surface area contributed by atoms with Gasteiger partial charge in [0.15, 0.2) is 0 Å². The highest BCUT2D eigenvalue weighted by atomic mass is 16.4. The van der Waals surface area contributed by atoms with E-state index in [2.05, 4.69) is 20.6 Å². The van der Waals surface area contributed by atoms with Crippen LogP contribution in [0.15, 0.2) is 82.1 Å². The number of pyridine rings is 1. The third-order valence-electron chi connectivity index (χ3n) is 6.27. The zero-order chi connectivity index (χ0) is 28.0. The van der Waals surface area contributed by atoms with E-state index < -0.39 is 11.2 Å². The lowest BCUT2D eigenvalue weighted by molar-refractivity contribution is -0.133. The van der Waals surface area contributed by atoms with E-state index in [1.807, 2.05) is 48.5 Å². The average molecular weight is 526 g/mol. The lowest BCUT2D eigenvalue weighted by Gasteiger charge is -2.30. The van der Waals surface area contributed by atoms with Gasteiger partial charge in [-0.15, -0.1) is 0 Å². The predicted molar refractivity (Wildman–Crippen MR) is 152 cm³/mol. The Morgan fingerprint density at radius 1 is 1.05 bits per heavy atom. The molecular formula is C30H31N5O4. The number of hydrogen-bond acceptors (Lipinski definition) is 7. The molecule has 0 radical (unpaired) electrons. The van der Waals surface area contributed by atoms with Gasteiger partial charge in [-0.2, -0.15) is 4.98 Å². The molecule has 0 spiro atoms. The molecule has 2 aromatic carbocycles. The van der Waals surface area contributed by atoms with Crippen LogP contribution in [0.25, 0.3) is 17.0 Å². The lowest BCUT2D eigenvalue weighted by Crippen LogP contribution is -2.49. The Morgan fingerprint density at radius 2 is 1.79 bits per heavy atom. The number of rotatable bonds is 9. The van der Waals surface area contributed by atoms with Crippen LogP contribution in [-0.2, 0) is 16.0 Å². The number of anilines is 2. The highest BCUT2D eigenvalue weighted by Crippen LogP contribution is 2.24. The van der Waals surface area contributed by atoms with Crippen molar-refractivity contribution in [2.75, 3.05) is 24.2 Å². The minimum atomic E-state index is -1.09. The monoisotopic (exact) mass is 525 g/mol. The standard InChI is InChI=1S/C30H31N5O4/c1-20-23(32-25(36)16-13-21-10-6-5-7-11-21)14-15-24-26(20)27(37)39-29(33-24)34-30(2,3)28(38)35(4)19-17-22-12-8-9-18-31-22/h5-16,18H,17,19H2,1-4H3,(H,32,36)(H,33,34)/b16-13-. The van der Waals surface area contributed by atoms with Gasteiger partial charge in [-0.3, -0.25) is 14.6 Å². The minimum Gasteiger partial charge on any atom is -0.389 e. The molecule has 4 rings (SSSR count). The van der Waals surface area contributed by atoms with Gasteiger partial charge in [0.2, 0.25) is 11.8 Å². The normalized spacial score (nSPS) is 11.5. The number of carbonyl (C=O) groups excluding carboxylic acids is 2. The number of nitrogens with one attached hydrogen (secondary N) is 2. The molecule has 0 saturated heterocycles. The summed E-state index contributed by atoms with van der Waals surface area (Å²) in [6.45, 7) is 5.59. The molecule has 2 amide bonds. The van der Waals surface area contributed by atoms with Crippen LogP contribution in [0.1, 0.15) is 30.7 Å². The topological polar surface area (TPSA) is 117 Å². The van der Waals surface area contributed by atoms with Gasteiger partial charge in [-0.05, 0) is 62.2 Å². The van der Waals surface area contributed by atoms with Gasteiger partial charge in [0, 0.05) is 43.7 Å². The molecule has 2 heterocycles. The summed E-state index contributed by atoms with van der Waals surface area (Å²) in [6, 6.07) is 18.4. The van der Waals surface area contributed by atoms with E-state index in [-0.39, 0.29) is 23.2 Å². The van der Waals surface area contributed by atoms with E-state index in [1.165, 1.54) is 6.08 Å². The van der Waals surface area contributed by atoms with Crippen molar-refractivity contribution in [3.8, 4) is 0 Å². The van der Waals surface area contributed by atoms with Crippen molar-refractivity contribution < 1.29 is 14.0 Å². The molecule has 0 saturated carbocycles. The Morgan fingerprint density at radius 3 is 2.51 bits per heavy atom. The van der Waals surface area contributed by atoms with Crippen molar-refractivity contribution >= 4 is 40.5 Å². The maximum absolute atomic E-state index is 13.1. The summed E-state index contributed by atoms with van der Waals surface area (Å²) in [4.78, 5) is 48.8. The minimum absolute atomic E-state index is 0.0639. The van der Waals surface area contributed by atoms with Crippen molar-refractivity contribution in [1.29, 1.82) is 0 Å². The van der Waals surface area contributed by atoms with E-state index in [0.717, 1.165) is 11.3 Å². The van der Waals surface area contributed by atoms with E-state index in [9.17, 15) is 14.4 Å². The highest BCUT2D eigenvalue weighted by molar-refractivity contribution is 6.04. The first-order valence-corrected chi connectivity index (χ1v) is 12.6. The van der Waals surface area contributed by atoms with Gasteiger partial charge in [0.05, 0.1) is 10.9 Å². The van der Waals surface area contributed by atoms with Crippen LogP contribution in [0.3, 0.4) is 0 Å². The SMILES string of the molecule is Cc1c(NC(=O)/C=C\c2ccccc2)ccc2nc(NC(C)(C)C(=O)N(C)CCc3ccccn3)oc(=O)c12. The van der Waals surface area contributed by atoms with Crippen LogP contribution in [-0.4, -0.2) is 45.8 Å². The van der Waals surface area contributed by atoms with Crippen LogP contribution in [0.4, 0.5) is 11.7 Å². The first kappa shape index (κ1) is 27.3. The molecule has 2 aromatic heterocycles. The van der Waals surface area contributed by atoms with Crippen molar-refractivity contribution in [3.63, 3.8) is 0 Å². The molecule has 9 nitrogen and oxygen atoms in total. The fourth-order valence-corrected chi connectivity index (χ4v) is 4.15. The largest absolute Gasteiger partial charge is 0.389 e.